The zero-order valence-electron chi connectivity index (χ0n) is 11.6. The van der Waals surface area contributed by atoms with E-state index < -0.39 is 0 Å². The van der Waals surface area contributed by atoms with Crippen LogP contribution in [0.25, 0.3) is 22.2 Å². The number of benzene rings is 1. The van der Waals surface area contributed by atoms with Crippen LogP contribution in [0.15, 0.2) is 36.5 Å². The molecule has 0 aliphatic carbocycles. The van der Waals surface area contributed by atoms with Gasteiger partial charge in [-0.05, 0) is 19.1 Å². The normalized spacial score (nSPS) is 10.9. The van der Waals surface area contributed by atoms with Gasteiger partial charge in [-0.25, -0.2) is 9.97 Å². The number of aryl methyl sites for hydroxylation is 1. The Morgan fingerprint density at radius 1 is 1.15 bits per heavy atom. The molecule has 0 spiro atoms. The molecule has 2 heterocycles. The third-order valence-corrected chi connectivity index (χ3v) is 3.41. The van der Waals surface area contributed by atoms with Gasteiger partial charge in [0.15, 0.2) is 0 Å². The lowest BCUT2D eigenvalue weighted by Crippen LogP contribution is -2.04. The predicted molar refractivity (Wildman–Crippen MR) is 81.3 cm³/mol. The quantitative estimate of drug-likeness (QED) is 0.772. The van der Waals surface area contributed by atoms with Crippen molar-refractivity contribution in [3.63, 3.8) is 0 Å². The maximum atomic E-state index is 5.98. The summed E-state index contributed by atoms with van der Waals surface area (Å²) in [4.78, 5) is 13.4. The summed E-state index contributed by atoms with van der Waals surface area (Å²) in [6.45, 7) is 3.96. The molecule has 0 unspecified atom stereocenters. The van der Waals surface area contributed by atoms with Gasteiger partial charge < -0.3 is 5.73 Å². The van der Waals surface area contributed by atoms with E-state index in [1.54, 1.807) is 0 Å². The van der Waals surface area contributed by atoms with Crippen LogP contribution in [0.4, 0.5) is 5.82 Å². The van der Waals surface area contributed by atoms with Gasteiger partial charge in [0.2, 0.25) is 0 Å². The molecule has 4 nitrogen and oxygen atoms in total. The molecular formula is C16H16N4. The van der Waals surface area contributed by atoms with Crippen molar-refractivity contribution < 1.29 is 0 Å². The number of nitrogens with zero attached hydrogens (tertiary/aromatic N) is 3. The molecule has 0 saturated carbocycles. The number of nitrogen functional groups attached to an aromatic ring is 1. The Labute approximate surface area is 117 Å². The van der Waals surface area contributed by atoms with E-state index in [-0.39, 0.29) is 0 Å². The molecule has 1 aromatic carbocycles. The average Bonchev–Trinajstić information content (AvgIpc) is 2.49. The van der Waals surface area contributed by atoms with Crippen molar-refractivity contribution >= 4 is 16.7 Å². The summed E-state index contributed by atoms with van der Waals surface area (Å²) in [6.07, 6.45) is 2.61. The maximum absolute atomic E-state index is 5.98. The Morgan fingerprint density at radius 2 is 1.95 bits per heavy atom. The van der Waals surface area contributed by atoms with Crippen LogP contribution in [-0.2, 0) is 6.42 Å². The van der Waals surface area contributed by atoms with E-state index in [1.165, 1.54) is 0 Å². The second-order valence-electron chi connectivity index (χ2n) is 4.77. The molecule has 3 rings (SSSR count). The molecule has 0 radical (unpaired) electrons. The number of fused-ring (bicyclic) bond motifs is 1. The smallest absolute Gasteiger partial charge is 0.131 e. The number of rotatable bonds is 2. The van der Waals surface area contributed by atoms with Gasteiger partial charge in [-0.2, -0.15) is 0 Å². The van der Waals surface area contributed by atoms with Crippen molar-refractivity contribution in [2.45, 2.75) is 20.3 Å². The fraction of sp³-hybridized carbons (Fsp3) is 0.188. The van der Waals surface area contributed by atoms with Crippen LogP contribution in [0.1, 0.15) is 18.3 Å². The number of para-hydroxylation sites is 1. The number of anilines is 1. The number of aromatic nitrogens is 3. The Balaban J connectivity index is 2.22. The molecule has 0 bridgehead atoms. The van der Waals surface area contributed by atoms with Gasteiger partial charge in [-0.1, -0.05) is 25.1 Å². The van der Waals surface area contributed by atoms with Gasteiger partial charge in [-0.15, -0.1) is 0 Å². The Kier molecular flexibility index (Phi) is 3.06. The second-order valence-corrected chi connectivity index (χ2v) is 4.77. The van der Waals surface area contributed by atoms with E-state index in [4.69, 9.17) is 5.73 Å². The molecule has 20 heavy (non-hydrogen) atoms. The molecule has 4 heteroatoms. The summed E-state index contributed by atoms with van der Waals surface area (Å²) in [6, 6.07) is 10.1. The Hall–Kier alpha value is -2.49. The van der Waals surface area contributed by atoms with E-state index in [1.807, 2.05) is 44.3 Å². The minimum Gasteiger partial charge on any atom is -0.383 e. The lowest BCUT2D eigenvalue weighted by atomic mass is 10.1. The van der Waals surface area contributed by atoms with Crippen LogP contribution in [0.5, 0.6) is 0 Å². The topological polar surface area (TPSA) is 64.7 Å². The van der Waals surface area contributed by atoms with E-state index >= 15 is 0 Å². The molecule has 0 amide bonds. The highest BCUT2D eigenvalue weighted by Gasteiger charge is 2.11. The Morgan fingerprint density at radius 3 is 2.75 bits per heavy atom. The first kappa shape index (κ1) is 12.5. The maximum Gasteiger partial charge on any atom is 0.131 e. The molecule has 0 fully saturated rings. The van der Waals surface area contributed by atoms with Crippen molar-refractivity contribution in [3.8, 4) is 11.3 Å². The highest BCUT2D eigenvalue weighted by Crippen LogP contribution is 2.26. The largest absolute Gasteiger partial charge is 0.383 e. The van der Waals surface area contributed by atoms with Crippen LogP contribution < -0.4 is 5.73 Å². The number of nitrogens with two attached hydrogens (primary N) is 1. The summed E-state index contributed by atoms with van der Waals surface area (Å²) in [5.41, 5.74) is 9.70. The predicted octanol–water partition coefficient (Wildman–Crippen LogP) is 3.14. The lowest BCUT2D eigenvalue weighted by molar-refractivity contribution is 0.940. The fourth-order valence-electron chi connectivity index (χ4n) is 2.22. The zero-order chi connectivity index (χ0) is 14.1. The first-order chi connectivity index (χ1) is 9.69. The first-order valence-corrected chi connectivity index (χ1v) is 6.67. The number of pyridine rings is 1. The monoisotopic (exact) mass is 264 g/mol. The highest BCUT2D eigenvalue weighted by molar-refractivity contribution is 5.83. The fourth-order valence-corrected chi connectivity index (χ4v) is 2.22. The van der Waals surface area contributed by atoms with E-state index in [2.05, 4.69) is 21.0 Å². The summed E-state index contributed by atoms with van der Waals surface area (Å²) in [5.74, 6) is 1.30. The van der Waals surface area contributed by atoms with Crippen LogP contribution in [0.2, 0.25) is 0 Å². The number of hydrogen-bond acceptors (Lipinski definition) is 4. The molecule has 0 saturated heterocycles. The zero-order valence-corrected chi connectivity index (χ0v) is 11.6. The molecular weight excluding hydrogens is 248 g/mol. The van der Waals surface area contributed by atoms with Gasteiger partial charge >= 0.3 is 0 Å². The summed E-state index contributed by atoms with van der Waals surface area (Å²) in [5, 5.41) is 1.10. The first-order valence-electron chi connectivity index (χ1n) is 6.67. The molecule has 0 aliphatic rings. The molecule has 2 aromatic heterocycles. The second kappa shape index (κ2) is 4.89. The van der Waals surface area contributed by atoms with Crippen molar-refractivity contribution in [2.24, 2.45) is 0 Å². The minimum absolute atomic E-state index is 0.542. The number of hydrogen-bond donors (Lipinski definition) is 1. The van der Waals surface area contributed by atoms with Crippen LogP contribution in [0, 0.1) is 6.92 Å². The standard InChI is InChI=1S/C16H16N4/c1-3-14-19-15(10(2)16(17)20-14)12-8-11-6-4-5-7-13(11)18-9-12/h4-9H,3H2,1-2H3,(H2,17,19,20). The molecule has 0 aliphatic heterocycles. The van der Waals surface area contributed by atoms with Gasteiger partial charge in [0.1, 0.15) is 11.6 Å². The SMILES string of the molecule is CCc1nc(N)c(C)c(-c2cnc3ccccc3c2)n1. The average molecular weight is 264 g/mol. The molecule has 2 N–H and O–H groups in total. The van der Waals surface area contributed by atoms with Gasteiger partial charge in [0.25, 0.3) is 0 Å². The van der Waals surface area contributed by atoms with Crippen LogP contribution in [-0.4, -0.2) is 15.0 Å². The van der Waals surface area contributed by atoms with Crippen LogP contribution in [0.3, 0.4) is 0 Å². The summed E-state index contributed by atoms with van der Waals surface area (Å²) < 4.78 is 0. The summed E-state index contributed by atoms with van der Waals surface area (Å²) >= 11 is 0. The third kappa shape index (κ3) is 2.09. The van der Waals surface area contributed by atoms with Crippen molar-refractivity contribution in [1.29, 1.82) is 0 Å². The summed E-state index contributed by atoms with van der Waals surface area (Å²) in [7, 11) is 0. The van der Waals surface area contributed by atoms with E-state index in [9.17, 15) is 0 Å². The van der Waals surface area contributed by atoms with Crippen molar-refractivity contribution in [1.82, 2.24) is 15.0 Å². The van der Waals surface area contributed by atoms with E-state index in [0.29, 0.717) is 5.82 Å². The van der Waals surface area contributed by atoms with Crippen molar-refractivity contribution in [3.05, 3.63) is 47.9 Å². The van der Waals surface area contributed by atoms with Crippen LogP contribution >= 0.6 is 0 Å². The third-order valence-electron chi connectivity index (χ3n) is 3.41. The highest BCUT2D eigenvalue weighted by atomic mass is 15.0. The Bertz CT molecular complexity index is 781. The van der Waals surface area contributed by atoms with E-state index in [0.717, 1.165) is 40.0 Å². The van der Waals surface area contributed by atoms with Gasteiger partial charge in [0, 0.05) is 29.1 Å². The van der Waals surface area contributed by atoms with Crippen molar-refractivity contribution in [2.75, 3.05) is 5.73 Å². The molecule has 100 valence electrons. The van der Waals surface area contributed by atoms with Gasteiger partial charge in [-0.3, -0.25) is 4.98 Å². The minimum atomic E-state index is 0.542. The molecule has 3 aromatic rings. The van der Waals surface area contributed by atoms with Gasteiger partial charge in [0.05, 0.1) is 11.2 Å². The molecule has 0 atom stereocenters. The lowest BCUT2D eigenvalue weighted by Gasteiger charge is -2.10.